The van der Waals surface area contributed by atoms with E-state index in [2.05, 4.69) is 20.2 Å². The molecule has 7 heteroatoms. The molecule has 0 radical (unpaired) electrons. The SMILES string of the molecule is S=c1[nH]nc(-c2ccncc2)n1Cc1cscn1. The molecule has 0 amide bonds. The van der Waals surface area contributed by atoms with Crippen molar-refractivity contribution in [1.29, 1.82) is 0 Å². The number of hydrogen-bond donors (Lipinski definition) is 1. The second-order valence-corrected chi connectivity index (χ2v) is 4.76. The predicted octanol–water partition coefficient (Wildman–Crippen LogP) is 2.51. The van der Waals surface area contributed by atoms with Gasteiger partial charge in [0.2, 0.25) is 0 Å². The lowest BCUT2D eigenvalue weighted by Gasteiger charge is -2.04. The summed E-state index contributed by atoms with van der Waals surface area (Å²) in [6.07, 6.45) is 3.47. The highest BCUT2D eigenvalue weighted by atomic mass is 32.1. The van der Waals surface area contributed by atoms with E-state index in [-0.39, 0.29) is 0 Å². The Labute approximate surface area is 112 Å². The molecule has 3 aromatic rings. The third-order valence-electron chi connectivity index (χ3n) is 2.50. The van der Waals surface area contributed by atoms with E-state index in [9.17, 15) is 0 Å². The highest BCUT2D eigenvalue weighted by Crippen LogP contribution is 2.17. The number of aromatic nitrogens is 5. The van der Waals surface area contributed by atoms with Crippen LogP contribution >= 0.6 is 23.6 Å². The van der Waals surface area contributed by atoms with E-state index in [0.717, 1.165) is 17.1 Å². The highest BCUT2D eigenvalue weighted by Gasteiger charge is 2.09. The molecular formula is C11H9N5S2. The molecule has 1 N–H and O–H groups in total. The van der Waals surface area contributed by atoms with Crippen molar-refractivity contribution in [2.45, 2.75) is 6.54 Å². The minimum absolute atomic E-state index is 0.592. The zero-order valence-electron chi connectivity index (χ0n) is 9.28. The predicted molar refractivity (Wildman–Crippen MR) is 71.9 cm³/mol. The van der Waals surface area contributed by atoms with E-state index in [1.807, 2.05) is 27.6 Å². The molecule has 3 rings (SSSR count). The van der Waals surface area contributed by atoms with Crippen molar-refractivity contribution in [3.8, 4) is 11.4 Å². The molecule has 0 saturated carbocycles. The van der Waals surface area contributed by atoms with Crippen molar-refractivity contribution < 1.29 is 0 Å². The average molecular weight is 275 g/mol. The van der Waals surface area contributed by atoms with Crippen LogP contribution in [0, 0.1) is 4.77 Å². The maximum Gasteiger partial charge on any atom is 0.195 e. The summed E-state index contributed by atoms with van der Waals surface area (Å²) in [4.78, 5) is 8.26. The summed E-state index contributed by atoms with van der Waals surface area (Å²) in [5.41, 5.74) is 3.77. The lowest BCUT2D eigenvalue weighted by molar-refractivity contribution is 0.772. The van der Waals surface area contributed by atoms with Crippen LogP contribution in [-0.2, 0) is 6.54 Å². The molecule has 0 bridgehead atoms. The molecule has 0 atom stereocenters. The fourth-order valence-corrected chi connectivity index (χ4v) is 2.41. The summed E-state index contributed by atoms with van der Waals surface area (Å²) >= 11 is 6.82. The first-order valence-corrected chi connectivity index (χ1v) is 6.62. The fourth-order valence-electron chi connectivity index (χ4n) is 1.66. The van der Waals surface area contributed by atoms with Gasteiger partial charge in [0.05, 0.1) is 17.7 Å². The first-order chi connectivity index (χ1) is 8.84. The van der Waals surface area contributed by atoms with Crippen molar-refractivity contribution in [3.63, 3.8) is 0 Å². The van der Waals surface area contributed by atoms with Crippen LogP contribution in [-0.4, -0.2) is 24.7 Å². The van der Waals surface area contributed by atoms with Gasteiger partial charge in [0.15, 0.2) is 10.6 Å². The Hall–Kier alpha value is -1.86. The second-order valence-electron chi connectivity index (χ2n) is 3.65. The Morgan fingerprint density at radius 2 is 2.17 bits per heavy atom. The Balaban J connectivity index is 2.04. The molecule has 0 saturated heterocycles. The van der Waals surface area contributed by atoms with Gasteiger partial charge in [-0.15, -0.1) is 11.3 Å². The van der Waals surface area contributed by atoms with Gasteiger partial charge in [0.1, 0.15) is 0 Å². The van der Waals surface area contributed by atoms with Crippen LogP contribution in [0.5, 0.6) is 0 Å². The van der Waals surface area contributed by atoms with Crippen LogP contribution in [0.25, 0.3) is 11.4 Å². The smallest absolute Gasteiger partial charge is 0.195 e. The molecule has 0 unspecified atom stereocenters. The van der Waals surface area contributed by atoms with Crippen LogP contribution in [0.1, 0.15) is 5.69 Å². The van der Waals surface area contributed by atoms with Crippen LogP contribution in [0.4, 0.5) is 0 Å². The Morgan fingerprint density at radius 1 is 1.33 bits per heavy atom. The Bertz CT molecular complexity index is 684. The zero-order valence-corrected chi connectivity index (χ0v) is 10.9. The zero-order chi connectivity index (χ0) is 12.4. The van der Waals surface area contributed by atoms with Gasteiger partial charge in [-0.05, 0) is 24.4 Å². The van der Waals surface area contributed by atoms with Crippen LogP contribution in [0.3, 0.4) is 0 Å². The number of thiazole rings is 1. The topological polar surface area (TPSA) is 59.4 Å². The largest absolute Gasteiger partial charge is 0.294 e. The minimum Gasteiger partial charge on any atom is -0.294 e. The monoisotopic (exact) mass is 275 g/mol. The van der Waals surface area contributed by atoms with E-state index in [1.54, 1.807) is 23.7 Å². The summed E-state index contributed by atoms with van der Waals surface area (Å²) < 4.78 is 2.52. The summed E-state index contributed by atoms with van der Waals surface area (Å²) in [6, 6.07) is 3.81. The highest BCUT2D eigenvalue weighted by molar-refractivity contribution is 7.71. The molecule has 0 spiro atoms. The molecule has 0 aliphatic carbocycles. The number of rotatable bonds is 3. The summed E-state index contributed by atoms with van der Waals surface area (Å²) in [5, 5.41) is 9.08. The van der Waals surface area contributed by atoms with Crippen molar-refractivity contribution in [1.82, 2.24) is 24.7 Å². The molecule has 90 valence electrons. The quantitative estimate of drug-likeness (QED) is 0.746. The van der Waals surface area contributed by atoms with Crippen molar-refractivity contribution in [3.05, 3.63) is 45.9 Å². The second kappa shape index (κ2) is 4.79. The van der Waals surface area contributed by atoms with Gasteiger partial charge in [0, 0.05) is 23.3 Å². The summed E-state index contributed by atoms with van der Waals surface area (Å²) in [7, 11) is 0. The van der Waals surface area contributed by atoms with E-state index >= 15 is 0 Å². The van der Waals surface area contributed by atoms with Gasteiger partial charge in [-0.2, -0.15) is 5.10 Å². The average Bonchev–Trinajstić information content (AvgIpc) is 3.03. The van der Waals surface area contributed by atoms with Crippen molar-refractivity contribution in [2.24, 2.45) is 0 Å². The first-order valence-electron chi connectivity index (χ1n) is 5.27. The maximum atomic E-state index is 5.25. The molecule has 5 nitrogen and oxygen atoms in total. The number of hydrogen-bond acceptors (Lipinski definition) is 5. The molecule has 0 aliphatic heterocycles. The third kappa shape index (κ3) is 2.09. The number of nitrogens with one attached hydrogen (secondary N) is 1. The Morgan fingerprint density at radius 3 is 2.89 bits per heavy atom. The fraction of sp³-hybridized carbons (Fsp3) is 0.0909. The number of H-pyrrole nitrogens is 1. The standard InChI is InChI=1S/C11H9N5S2/c17-11-15-14-10(8-1-3-12-4-2-8)16(11)5-9-6-18-7-13-9/h1-4,6-7H,5H2,(H,15,17). The lowest BCUT2D eigenvalue weighted by atomic mass is 10.2. The van der Waals surface area contributed by atoms with Gasteiger partial charge in [-0.1, -0.05) is 0 Å². The molecule has 0 aliphatic rings. The van der Waals surface area contributed by atoms with Crippen LogP contribution < -0.4 is 0 Å². The molecule has 0 aromatic carbocycles. The van der Waals surface area contributed by atoms with Gasteiger partial charge < -0.3 is 0 Å². The molecule has 18 heavy (non-hydrogen) atoms. The van der Waals surface area contributed by atoms with Gasteiger partial charge in [-0.3, -0.25) is 14.6 Å². The molecule has 0 fully saturated rings. The van der Waals surface area contributed by atoms with Crippen LogP contribution in [0.2, 0.25) is 0 Å². The van der Waals surface area contributed by atoms with Crippen molar-refractivity contribution in [2.75, 3.05) is 0 Å². The van der Waals surface area contributed by atoms with Gasteiger partial charge in [-0.25, -0.2) is 4.98 Å². The van der Waals surface area contributed by atoms with E-state index in [4.69, 9.17) is 12.2 Å². The van der Waals surface area contributed by atoms with Crippen LogP contribution in [0.15, 0.2) is 35.4 Å². The first kappa shape index (κ1) is 11.2. The normalized spacial score (nSPS) is 10.7. The molecule has 3 aromatic heterocycles. The molecule has 3 heterocycles. The summed E-state index contributed by atoms with van der Waals surface area (Å²) in [6.45, 7) is 0.622. The number of nitrogens with zero attached hydrogens (tertiary/aromatic N) is 4. The van der Waals surface area contributed by atoms with E-state index < -0.39 is 0 Å². The van der Waals surface area contributed by atoms with Crippen molar-refractivity contribution >= 4 is 23.6 Å². The lowest BCUT2D eigenvalue weighted by Crippen LogP contribution is -2.02. The van der Waals surface area contributed by atoms with Gasteiger partial charge >= 0.3 is 0 Å². The maximum absolute atomic E-state index is 5.25. The third-order valence-corrected chi connectivity index (χ3v) is 3.45. The van der Waals surface area contributed by atoms with E-state index in [0.29, 0.717) is 11.3 Å². The summed E-state index contributed by atoms with van der Waals surface area (Å²) in [5.74, 6) is 0.801. The van der Waals surface area contributed by atoms with E-state index in [1.165, 1.54) is 0 Å². The Kier molecular flexibility index (Phi) is 2.99. The molecular weight excluding hydrogens is 266 g/mol. The van der Waals surface area contributed by atoms with Gasteiger partial charge in [0.25, 0.3) is 0 Å². The minimum atomic E-state index is 0.592. The number of pyridine rings is 1. The number of aromatic amines is 1.